The standard InChI is InChI=1S/C16H24N4O2/c1-12-8-13(10-17-9-12)16(21)19-14-2-3-15(18-11-14)20-4-6-22-7-5-20/h2-3,11-13,17H,4-10H2,1H3,(H,19,21). The summed E-state index contributed by atoms with van der Waals surface area (Å²) in [7, 11) is 0. The van der Waals surface area contributed by atoms with Gasteiger partial charge in [0, 0.05) is 19.6 Å². The maximum absolute atomic E-state index is 12.3. The van der Waals surface area contributed by atoms with Gasteiger partial charge in [-0.2, -0.15) is 0 Å². The third kappa shape index (κ3) is 3.75. The van der Waals surface area contributed by atoms with Crippen LogP contribution >= 0.6 is 0 Å². The summed E-state index contributed by atoms with van der Waals surface area (Å²) in [6, 6.07) is 3.89. The third-order valence-electron chi connectivity index (χ3n) is 4.29. The highest BCUT2D eigenvalue weighted by atomic mass is 16.5. The average Bonchev–Trinajstić information content (AvgIpc) is 2.56. The number of nitrogens with one attached hydrogen (secondary N) is 2. The van der Waals surface area contributed by atoms with E-state index in [0.717, 1.165) is 57.3 Å². The predicted octanol–water partition coefficient (Wildman–Crippen LogP) is 1.10. The molecule has 2 atom stereocenters. The summed E-state index contributed by atoms with van der Waals surface area (Å²) < 4.78 is 5.34. The topological polar surface area (TPSA) is 66.5 Å². The molecule has 0 saturated carbocycles. The van der Waals surface area contributed by atoms with Gasteiger partial charge in [0.25, 0.3) is 0 Å². The van der Waals surface area contributed by atoms with Gasteiger partial charge in [-0.05, 0) is 31.0 Å². The van der Waals surface area contributed by atoms with Gasteiger partial charge in [0.05, 0.1) is 31.0 Å². The Kier molecular flexibility index (Phi) is 4.90. The Balaban J connectivity index is 1.57. The number of anilines is 2. The number of carbonyl (C=O) groups is 1. The van der Waals surface area contributed by atoms with E-state index in [4.69, 9.17) is 4.74 Å². The summed E-state index contributed by atoms with van der Waals surface area (Å²) in [6.45, 7) is 7.15. The van der Waals surface area contributed by atoms with Crippen molar-refractivity contribution in [1.82, 2.24) is 10.3 Å². The Morgan fingerprint density at radius 3 is 2.86 bits per heavy atom. The number of carbonyl (C=O) groups excluding carboxylic acids is 1. The van der Waals surface area contributed by atoms with Gasteiger partial charge in [0.1, 0.15) is 5.82 Å². The van der Waals surface area contributed by atoms with E-state index in [1.54, 1.807) is 6.20 Å². The van der Waals surface area contributed by atoms with Crippen molar-refractivity contribution in [3.05, 3.63) is 18.3 Å². The first kappa shape index (κ1) is 15.2. The van der Waals surface area contributed by atoms with Crippen molar-refractivity contribution >= 4 is 17.4 Å². The minimum atomic E-state index is 0.0441. The van der Waals surface area contributed by atoms with Crippen LogP contribution in [0.1, 0.15) is 13.3 Å². The van der Waals surface area contributed by atoms with E-state index in [-0.39, 0.29) is 11.8 Å². The highest BCUT2D eigenvalue weighted by Gasteiger charge is 2.24. The summed E-state index contributed by atoms with van der Waals surface area (Å²) >= 11 is 0. The lowest BCUT2D eigenvalue weighted by molar-refractivity contribution is -0.120. The molecule has 0 bridgehead atoms. The monoisotopic (exact) mass is 304 g/mol. The Morgan fingerprint density at radius 2 is 2.18 bits per heavy atom. The zero-order valence-corrected chi connectivity index (χ0v) is 13.0. The van der Waals surface area contributed by atoms with Crippen molar-refractivity contribution in [2.24, 2.45) is 11.8 Å². The maximum atomic E-state index is 12.3. The number of ether oxygens (including phenoxy) is 1. The number of pyridine rings is 1. The minimum Gasteiger partial charge on any atom is -0.378 e. The summed E-state index contributed by atoms with van der Waals surface area (Å²) in [5, 5.41) is 6.29. The van der Waals surface area contributed by atoms with E-state index in [2.05, 4.69) is 27.4 Å². The molecule has 0 aliphatic carbocycles. The molecular weight excluding hydrogens is 280 g/mol. The number of hydrogen-bond donors (Lipinski definition) is 2. The molecule has 2 fully saturated rings. The molecular formula is C16H24N4O2. The highest BCUT2D eigenvalue weighted by Crippen LogP contribution is 2.19. The Hall–Kier alpha value is -1.66. The van der Waals surface area contributed by atoms with Crippen LogP contribution in [0.15, 0.2) is 18.3 Å². The zero-order chi connectivity index (χ0) is 15.4. The number of amides is 1. The lowest BCUT2D eigenvalue weighted by Crippen LogP contribution is -2.41. The van der Waals surface area contributed by atoms with Gasteiger partial charge in [-0.1, -0.05) is 6.92 Å². The lowest BCUT2D eigenvalue weighted by Gasteiger charge is -2.28. The molecule has 22 heavy (non-hydrogen) atoms. The van der Waals surface area contributed by atoms with E-state index in [0.29, 0.717) is 5.92 Å². The normalized spacial score (nSPS) is 25.8. The van der Waals surface area contributed by atoms with Crippen LogP contribution in [0.25, 0.3) is 0 Å². The smallest absolute Gasteiger partial charge is 0.228 e. The fraction of sp³-hybridized carbons (Fsp3) is 0.625. The van der Waals surface area contributed by atoms with Crippen molar-refractivity contribution in [2.45, 2.75) is 13.3 Å². The predicted molar refractivity (Wildman–Crippen MR) is 86.0 cm³/mol. The van der Waals surface area contributed by atoms with E-state index in [9.17, 15) is 4.79 Å². The number of nitrogens with zero attached hydrogens (tertiary/aromatic N) is 2. The Labute approximate surface area is 131 Å². The molecule has 0 aromatic carbocycles. The summed E-state index contributed by atoms with van der Waals surface area (Å²) in [6.07, 6.45) is 2.68. The van der Waals surface area contributed by atoms with E-state index < -0.39 is 0 Å². The van der Waals surface area contributed by atoms with Crippen molar-refractivity contribution < 1.29 is 9.53 Å². The minimum absolute atomic E-state index is 0.0441. The maximum Gasteiger partial charge on any atom is 0.228 e. The molecule has 2 aliphatic heterocycles. The summed E-state index contributed by atoms with van der Waals surface area (Å²) in [4.78, 5) is 18.9. The molecule has 1 amide bonds. The van der Waals surface area contributed by atoms with Gasteiger partial charge in [-0.3, -0.25) is 4.79 Å². The second kappa shape index (κ2) is 7.07. The van der Waals surface area contributed by atoms with Gasteiger partial charge in [-0.15, -0.1) is 0 Å². The summed E-state index contributed by atoms with van der Waals surface area (Å²) in [5.41, 5.74) is 0.764. The van der Waals surface area contributed by atoms with E-state index in [1.807, 2.05) is 12.1 Å². The molecule has 0 radical (unpaired) electrons. The van der Waals surface area contributed by atoms with Crippen LogP contribution in [0.3, 0.4) is 0 Å². The lowest BCUT2D eigenvalue weighted by atomic mass is 9.91. The average molecular weight is 304 g/mol. The van der Waals surface area contributed by atoms with Crippen LogP contribution < -0.4 is 15.5 Å². The molecule has 1 aromatic rings. The fourth-order valence-electron chi connectivity index (χ4n) is 3.04. The first-order valence-corrected chi connectivity index (χ1v) is 8.02. The molecule has 3 heterocycles. The first-order chi connectivity index (χ1) is 10.7. The number of rotatable bonds is 3. The Bertz CT molecular complexity index is 499. The van der Waals surface area contributed by atoms with E-state index in [1.165, 1.54) is 0 Å². The van der Waals surface area contributed by atoms with Crippen LogP contribution in [-0.4, -0.2) is 50.3 Å². The van der Waals surface area contributed by atoms with Gasteiger partial charge >= 0.3 is 0 Å². The fourth-order valence-corrected chi connectivity index (χ4v) is 3.04. The number of morpholine rings is 1. The molecule has 120 valence electrons. The van der Waals surface area contributed by atoms with Crippen LogP contribution in [-0.2, 0) is 9.53 Å². The van der Waals surface area contributed by atoms with Crippen LogP contribution in [0.4, 0.5) is 11.5 Å². The largest absolute Gasteiger partial charge is 0.378 e. The Morgan fingerprint density at radius 1 is 1.36 bits per heavy atom. The van der Waals surface area contributed by atoms with Crippen molar-refractivity contribution in [3.8, 4) is 0 Å². The SMILES string of the molecule is CC1CNCC(C(=O)Nc2ccc(N3CCOCC3)nc2)C1. The molecule has 1 aromatic heterocycles. The van der Waals surface area contributed by atoms with E-state index >= 15 is 0 Å². The molecule has 6 heteroatoms. The summed E-state index contributed by atoms with van der Waals surface area (Å²) in [5.74, 6) is 1.61. The quantitative estimate of drug-likeness (QED) is 0.875. The molecule has 2 aliphatic rings. The molecule has 6 nitrogen and oxygen atoms in total. The second-order valence-electron chi connectivity index (χ2n) is 6.19. The van der Waals surface area contributed by atoms with Gasteiger partial charge in [-0.25, -0.2) is 4.98 Å². The molecule has 2 saturated heterocycles. The van der Waals surface area contributed by atoms with Crippen molar-refractivity contribution in [1.29, 1.82) is 0 Å². The third-order valence-corrected chi connectivity index (χ3v) is 4.29. The molecule has 2 unspecified atom stereocenters. The molecule has 2 N–H and O–H groups in total. The number of piperidine rings is 1. The van der Waals surface area contributed by atoms with Gasteiger partial charge in [0.2, 0.25) is 5.91 Å². The van der Waals surface area contributed by atoms with Crippen molar-refractivity contribution in [3.63, 3.8) is 0 Å². The van der Waals surface area contributed by atoms with Gasteiger partial charge < -0.3 is 20.3 Å². The second-order valence-corrected chi connectivity index (χ2v) is 6.19. The van der Waals surface area contributed by atoms with Crippen LogP contribution in [0, 0.1) is 11.8 Å². The number of aromatic nitrogens is 1. The number of hydrogen-bond acceptors (Lipinski definition) is 5. The van der Waals surface area contributed by atoms with Crippen LogP contribution in [0.5, 0.6) is 0 Å². The van der Waals surface area contributed by atoms with Gasteiger partial charge in [0.15, 0.2) is 0 Å². The van der Waals surface area contributed by atoms with Crippen molar-refractivity contribution in [2.75, 3.05) is 49.6 Å². The molecule has 3 rings (SSSR count). The van der Waals surface area contributed by atoms with Crippen LogP contribution in [0.2, 0.25) is 0 Å². The zero-order valence-electron chi connectivity index (χ0n) is 13.0. The molecule has 0 spiro atoms. The first-order valence-electron chi connectivity index (χ1n) is 8.02. The highest BCUT2D eigenvalue weighted by molar-refractivity contribution is 5.92.